The number of nitrogens with zero attached hydrogens (tertiary/aromatic N) is 2. The Hall–Kier alpha value is -2.23. The smallest absolute Gasteiger partial charge is 0.114 e. The van der Waals surface area contributed by atoms with Gasteiger partial charge in [-0.05, 0) is 54.0 Å². The van der Waals surface area contributed by atoms with E-state index < -0.39 is 0 Å². The second-order valence-electron chi connectivity index (χ2n) is 8.57. The van der Waals surface area contributed by atoms with Crippen LogP contribution in [0.1, 0.15) is 37.9 Å². The van der Waals surface area contributed by atoms with Crippen LogP contribution in [-0.2, 0) is 4.74 Å². The predicted molar refractivity (Wildman–Crippen MR) is 112 cm³/mol. The molecule has 0 spiro atoms. The summed E-state index contributed by atoms with van der Waals surface area (Å²) in [7, 11) is 0. The molecule has 0 radical (unpaired) electrons. The first-order chi connectivity index (χ1) is 13.8. The number of benzene rings is 2. The highest BCUT2D eigenvalue weighted by molar-refractivity contribution is 5.97. The Balaban J connectivity index is 1.51. The number of hydrogen-bond acceptors (Lipinski definition) is 3. The third-order valence-electron chi connectivity index (χ3n) is 7.32. The number of hydrogen-bond donors (Lipinski definition) is 0. The Labute approximate surface area is 166 Å². The molecule has 2 unspecified atom stereocenters. The monoisotopic (exact) mass is 370 g/mol. The maximum atomic E-state index is 6.81. The predicted octanol–water partition coefficient (Wildman–Crippen LogP) is 5.42. The molecule has 4 aliphatic heterocycles. The highest BCUT2D eigenvalue weighted by Gasteiger charge is 2.55. The maximum absolute atomic E-state index is 6.81. The van der Waals surface area contributed by atoms with Crippen molar-refractivity contribution in [2.24, 2.45) is 11.8 Å². The maximum Gasteiger partial charge on any atom is 0.114 e. The SMILES string of the molecule is CC[C@H]1C2O[C@@H](c3ccnc4cccc(-c5ccccc5)c34)[C@H]3C[C@@H]1CCN23. The summed E-state index contributed by atoms with van der Waals surface area (Å²) in [4.78, 5) is 7.36. The van der Waals surface area contributed by atoms with E-state index in [0.29, 0.717) is 18.2 Å². The fourth-order valence-corrected chi connectivity index (χ4v) is 6.09. The Morgan fingerprint density at radius 1 is 1.07 bits per heavy atom. The number of aromatic nitrogens is 1. The van der Waals surface area contributed by atoms with Crippen LogP contribution in [-0.4, -0.2) is 28.7 Å². The van der Waals surface area contributed by atoms with Gasteiger partial charge in [-0.3, -0.25) is 9.88 Å². The Bertz CT molecular complexity index is 1010. The molecule has 28 heavy (non-hydrogen) atoms. The van der Waals surface area contributed by atoms with Crippen LogP contribution >= 0.6 is 0 Å². The molecule has 1 aromatic heterocycles. The largest absolute Gasteiger partial charge is 0.353 e. The zero-order valence-electron chi connectivity index (χ0n) is 16.3. The van der Waals surface area contributed by atoms with Crippen LogP contribution < -0.4 is 0 Å². The van der Waals surface area contributed by atoms with E-state index in [2.05, 4.69) is 66.4 Å². The lowest BCUT2D eigenvalue weighted by molar-refractivity contribution is -0.100. The molecule has 5 heterocycles. The summed E-state index contributed by atoms with van der Waals surface area (Å²) in [5.74, 6) is 1.52. The van der Waals surface area contributed by atoms with Crippen molar-refractivity contribution in [1.29, 1.82) is 0 Å². The first-order valence-electron chi connectivity index (χ1n) is 10.7. The first kappa shape index (κ1) is 16.7. The number of piperidine rings is 3. The van der Waals surface area contributed by atoms with E-state index in [0.717, 1.165) is 11.4 Å². The summed E-state index contributed by atoms with van der Waals surface area (Å²) in [6, 6.07) is 19.9. The van der Waals surface area contributed by atoms with Crippen LogP contribution in [0, 0.1) is 11.8 Å². The van der Waals surface area contributed by atoms with Gasteiger partial charge in [-0.2, -0.15) is 0 Å². The molecule has 4 bridgehead atoms. The van der Waals surface area contributed by atoms with Gasteiger partial charge < -0.3 is 4.74 Å². The summed E-state index contributed by atoms with van der Waals surface area (Å²) < 4.78 is 6.81. The van der Waals surface area contributed by atoms with Crippen molar-refractivity contribution >= 4 is 10.9 Å². The van der Waals surface area contributed by atoms with Gasteiger partial charge in [-0.1, -0.05) is 49.4 Å². The molecular weight excluding hydrogens is 344 g/mol. The fraction of sp³-hybridized carbons (Fsp3) is 0.400. The minimum Gasteiger partial charge on any atom is -0.353 e. The summed E-state index contributed by atoms with van der Waals surface area (Å²) in [6.07, 6.45) is 6.25. The van der Waals surface area contributed by atoms with Gasteiger partial charge in [0.05, 0.1) is 5.52 Å². The van der Waals surface area contributed by atoms with E-state index in [-0.39, 0.29) is 6.10 Å². The second-order valence-corrected chi connectivity index (χ2v) is 8.57. The zero-order valence-corrected chi connectivity index (χ0v) is 16.3. The molecule has 3 aromatic rings. The lowest BCUT2D eigenvalue weighted by Gasteiger charge is -2.48. The van der Waals surface area contributed by atoms with Crippen LogP contribution in [0.4, 0.5) is 0 Å². The Kier molecular flexibility index (Phi) is 3.82. The quantitative estimate of drug-likeness (QED) is 0.615. The highest BCUT2D eigenvalue weighted by Crippen LogP contribution is 2.53. The van der Waals surface area contributed by atoms with Crippen molar-refractivity contribution in [1.82, 2.24) is 9.88 Å². The molecule has 3 nitrogen and oxygen atoms in total. The van der Waals surface area contributed by atoms with Gasteiger partial charge in [-0.25, -0.2) is 0 Å². The molecular formula is C25H26N2O. The molecule has 4 saturated heterocycles. The van der Waals surface area contributed by atoms with E-state index in [1.807, 2.05) is 6.20 Å². The van der Waals surface area contributed by atoms with Gasteiger partial charge in [0.15, 0.2) is 0 Å². The lowest BCUT2D eigenvalue weighted by Crippen LogP contribution is -2.55. The van der Waals surface area contributed by atoms with Gasteiger partial charge in [-0.15, -0.1) is 0 Å². The van der Waals surface area contributed by atoms with Crippen molar-refractivity contribution < 1.29 is 4.74 Å². The molecule has 4 aliphatic rings. The first-order valence-corrected chi connectivity index (χ1v) is 10.7. The zero-order chi connectivity index (χ0) is 18.7. The van der Waals surface area contributed by atoms with E-state index >= 15 is 0 Å². The number of fused-ring (bicyclic) bond motifs is 2. The van der Waals surface area contributed by atoms with E-state index in [4.69, 9.17) is 9.72 Å². The number of pyridine rings is 1. The van der Waals surface area contributed by atoms with E-state index in [1.54, 1.807) is 0 Å². The van der Waals surface area contributed by atoms with Gasteiger partial charge >= 0.3 is 0 Å². The van der Waals surface area contributed by atoms with Crippen LogP contribution in [0.5, 0.6) is 0 Å². The average Bonchev–Trinajstić information content (AvgIpc) is 3.07. The van der Waals surface area contributed by atoms with E-state index in [9.17, 15) is 0 Å². The number of rotatable bonds is 3. The summed E-state index contributed by atoms with van der Waals surface area (Å²) in [6.45, 7) is 3.52. The Morgan fingerprint density at radius 2 is 1.96 bits per heavy atom. The van der Waals surface area contributed by atoms with Crippen molar-refractivity contribution in [2.75, 3.05) is 6.54 Å². The summed E-state index contributed by atoms with van der Waals surface area (Å²) in [5, 5.41) is 1.26. The summed E-state index contributed by atoms with van der Waals surface area (Å²) in [5.41, 5.74) is 4.89. The minimum atomic E-state index is 0.153. The second kappa shape index (κ2) is 6.40. The molecule has 7 rings (SSSR count). The van der Waals surface area contributed by atoms with Crippen LogP contribution in [0.3, 0.4) is 0 Å². The minimum absolute atomic E-state index is 0.153. The molecule has 142 valence electrons. The topological polar surface area (TPSA) is 25.4 Å². The third kappa shape index (κ3) is 2.33. The Morgan fingerprint density at radius 3 is 2.82 bits per heavy atom. The van der Waals surface area contributed by atoms with Crippen molar-refractivity contribution in [3.05, 3.63) is 66.4 Å². The normalized spacial score (nSPS) is 33.5. The van der Waals surface area contributed by atoms with Gasteiger partial charge in [0.25, 0.3) is 0 Å². The van der Waals surface area contributed by atoms with Gasteiger partial charge in [0.1, 0.15) is 12.3 Å². The molecule has 6 atom stereocenters. The van der Waals surface area contributed by atoms with Crippen LogP contribution in [0.15, 0.2) is 60.8 Å². The molecule has 0 aliphatic carbocycles. The standard InChI is InChI=1S/C25H26N2O/c1-2-18-17-12-14-27-22(15-17)24(28-25(18)27)20-11-13-26-21-10-6-9-19(23(20)21)16-7-4-3-5-8-16/h3-11,13,17-18,22,24-25H,2,12,14-15H2,1H3/t17-,18+,22+,24-,25?/m0/s1. The fourth-order valence-electron chi connectivity index (χ4n) is 6.09. The molecule has 0 N–H and O–H groups in total. The lowest BCUT2D eigenvalue weighted by atomic mass is 9.73. The van der Waals surface area contributed by atoms with Crippen molar-refractivity contribution in [2.45, 2.75) is 44.6 Å². The van der Waals surface area contributed by atoms with Crippen LogP contribution in [0.2, 0.25) is 0 Å². The molecule has 0 saturated carbocycles. The van der Waals surface area contributed by atoms with Gasteiger partial charge in [0, 0.05) is 30.1 Å². The van der Waals surface area contributed by atoms with E-state index in [1.165, 1.54) is 47.9 Å². The average molecular weight is 370 g/mol. The summed E-state index contributed by atoms with van der Waals surface area (Å²) >= 11 is 0. The van der Waals surface area contributed by atoms with Crippen molar-refractivity contribution in [3.8, 4) is 11.1 Å². The molecule has 2 aromatic carbocycles. The van der Waals surface area contributed by atoms with Crippen LogP contribution in [0.25, 0.3) is 22.0 Å². The van der Waals surface area contributed by atoms with Gasteiger partial charge in [0.2, 0.25) is 0 Å². The highest BCUT2D eigenvalue weighted by atomic mass is 16.5. The molecule has 3 heteroatoms. The van der Waals surface area contributed by atoms with Crippen molar-refractivity contribution in [3.63, 3.8) is 0 Å². The third-order valence-corrected chi connectivity index (χ3v) is 7.32. The molecule has 4 fully saturated rings. The molecule has 0 amide bonds. The number of ether oxygens (including phenoxy) is 1.